The summed E-state index contributed by atoms with van der Waals surface area (Å²) in [6.45, 7) is -0.209. The maximum Gasteiger partial charge on any atom is 0.258 e. The number of benzene rings is 2. The van der Waals surface area contributed by atoms with Gasteiger partial charge in [0.25, 0.3) is 5.91 Å². The Bertz CT molecular complexity index is 1050. The van der Waals surface area contributed by atoms with Gasteiger partial charge < -0.3 is 14.8 Å². The maximum absolute atomic E-state index is 12.3. The van der Waals surface area contributed by atoms with E-state index in [1.165, 1.54) is 12.1 Å². The molecule has 0 radical (unpaired) electrons. The lowest BCUT2D eigenvalue weighted by Gasteiger charge is -2.12. The highest BCUT2D eigenvalue weighted by Gasteiger charge is 2.14. The summed E-state index contributed by atoms with van der Waals surface area (Å²) in [5.74, 6) is 0.458. The number of hydrogen-bond donors (Lipinski definition) is 3. The molecule has 2 aromatic carbocycles. The normalized spacial score (nSPS) is 10.6. The van der Waals surface area contributed by atoms with Crippen LogP contribution in [0.4, 0.5) is 5.69 Å². The molecule has 9 heteroatoms. The SMILES string of the molecule is O=C(NC(=S)Nc1ccc(Cl)c(-c2ccc(CO)o2)c1)c1ccc(Cl)cc1Cl. The molecule has 1 amide bonds. The van der Waals surface area contributed by atoms with E-state index in [1.54, 1.807) is 36.4 Å². The molecular weight excluding hydrogens is 443 g/mol. The summed E-state index contributed by atoms with van der Waals surface area (Å²) in [4.78, 5) is 12.3. The van der Waals surface area contributed by atoms with Crippen LogP contribution in [0.25, 0.3) is 11.3 Å². The summed E-state index contributed by atoms with van der Waals surface area (Å²) in [7, 11) is 0. The number of carbonyl (C=O) groups excluding carboxylic acids is 1. The second-order valence-corrected chi connectivity index (χ2v) is 7.31. The Labute approximate surface area is 181 Å². The third-order valence-electron chi connectivity index (χ3n) is 3.71. The van der Waals surface area contributed by atoms with Crippen LogP contribution in [0.5, 0.6) is 0 Å². The summed E-state index contributed by atoms with van der Waals surface area (Å²) < 4.78 is 5.51. The molecule has 144 valence electrons. The number of aliphatic hydroxyl groups is 1. The van der Waals surface area contributed by atoms with Crippen LogP contribution in [-0.2, 0) is 6.61 Å². The highest BCUT2D eigenvalue weighted by atomic mass is 35.5. The molecule has 1 heterocycles. The van der Waals surface area contributed by atoms with Crippen molar-refractivity contribution in [3.63, 3.8) is 0 Å². The number of hydrogen-bond acceptors (Lipinski definition) is 4. The molecule has 0 fully saturated rings. The van der Waals surface area contributed by atoms with Crippen LogP contribution in [0.15, 0.2) is 52.9 Å². The van der Waals surface area contributed by atoms with Gasteiger partial charge >= 0.3 is 0 Å². The summed E-state index contributed by atoms with van der Waals surface area (Å²) in [6, 6.07) is 13.0. The molecule has 1 aromatic heterocycles. The summed E-state index contributed by atoms with van der Waals surface area (Å²) in [5, 5.41) is 15.8. The Hall–Kier alpha value is -2.09. The van der Waals surface area contributed by atoms with E-state index in [4.69, 9.17) is 56.5 Å². The van der Waals surface area contributed by atoms with Crippen molar-refractivity contribution in [2.24, 2.45) is 0 Å². The van der Waals surface area contributed by atoms with Crippen molar-refractivity contribution in [2.75, 3.05) is 5.32 Å². The number of aliphatic hydroxyl groups excluding tert-OH is 1. The van der Waals surface area contributed by atoms with E-state index in [1.807, 2.05) is 0 Å². The van der Waals surface area contributed by atoms with Gasteiger partial charge in [-0.1, -0.05) is 34.8 Å². The van der Waals surface area contributed by atoms with Gasteiger partial charge in [0.1, 0.15) is 18.1 Å². The average molecular weight is 456 g/mol. The van der Waals surface area contributed by atoms with Gasteiger partial charge in [-0.05, 0) is 60.7 Å². The molecule has 28 heavy (non-hydrogen) atoms. The van der Waals surface area contributed by atoms with Crippen LogP contribution >= 0.6 is 47.0 Å². The third kappa shape index (κ3) is 4.84. The first-order valence-corrected chi connectivity index (χ1v) is 9.48. The van der Waals surface area contributed by atoms with Crippen LogP contribution in [0.1, 0.15) is 16.1 Å². The minimum atomic E-state index is -0.466. The minimum absolute atomic E-state index is 0.0831. The fourth-order valence-electron chi connectivity index (χ4n) is 2.41. The zero-order valence-corrected chi connectivity index (χ0v) is 17.2. The number of furan rings is 1. The molecule has 0 unspecified atom stereocenters. The monoisotopic (exact) mass is 454 g/mol. The van der Waals surface area contributed by atoms with Gasteiger partial charge in [0.05, 0.1) is 15.6 Å². The topological polar surface area (TPSA) is 74.5 Å². The molecule has 0 aliphatic heterocycles. The standard InChI is InChI=1S/C19H13Cl3N2O3S/c20-10-1-4-13(16(22)7-10)18(26)24-19(28)23-11-2-5-15(21)14(8-11)17-6-3-12(9-25)27-17/h1-8,25H,9H2,(H2,23,24,26,28). The fraction of sp³-hybridized carbons (Fsp3) is 0.0526. The lowest BCUT2D eigenvalue weighted by atomic mass is 10.1. The van der Waals surface area contributed by atoms with E-state index in [2.05, 4.69) is 10.6 Å². The molecule has 0 saturated heterocycles. The molecule has 0 saturated carbocycles. The second kappa shape index (κ2) is 8.94. The minimum Gasteiger partial charge on any atom is -0.459 e. The summed E-state index contributed by atoms with van der Waals surface area (Å²) in [5.41, 5.74) is 1.45. The van der Waals surface area contributed by atoms with Gasteiger partial charge in [-0.25, -0.2) is 0 Å². The third-order valence-corrected chi connectivity index (χ3v) is 4.79. The van der Waals surface area contributed by atoms with Gasteiger partial charge in [-0.2, -0.15) is 0 Å². The highest BCUT2D eigenvalue weighted by molar-refractivity contribution is 7.80. The predicted octanol–water partition coefficient (Wildman–Crippen LogP) is 5.53. The van der Waals surface area contributed by atoms with Crippen LogP contribution in [-0.4, -0.2) is 16.1 Å². The van der Waals surface area contributed by atoms with Crippen molar-refractivity contribution in [1.82, 2.24) is 5.32 Å². The number of anilines is 1. The molecule has 3 N–H and O–H groups in total. The molecule has 3 aromatic rings. The number of amides is 1. The lowest BCUT2D eigenvalue weighted by molar-refractivity contribution is 0.0978. The average Bonchev–Trinajstić information content (AvgIpc) is 3.12. The molecule has 0 spiro atoms. The van der Waals surface area contributed by atoms with Crippen molar-refractivity contribution in [3.05, 3.63) is 74.9 Å². The fourth-order valence-corrected chi connectivity index (χ4v) is 3.32. The van der Waals surface area contributed by atoms with Crippen molar-refractivity contribution >= 4 is 63.7 Å². The van der Waals surface area contributed by atoms with Crippen molar-refractivity contribution in [3.8, 4) is 11.3 Å². The Morgan fingerprint density at radius 3 is 2.50 bits per heavy atom. The Balaban J connectivity index is 1.73. The highest BCUT2D eigenvalue weighted by Crippen LogP contribution is 2.32. The maximum atomic E-state index is 12.3. The van der Waals surface area contributed by atoms with Crippen LogP contribution in [0, 0.1) is 0 Å². The van der Waals surface area contributed by atoms with Gasteiger partial charge in [-0.3, -0.25) is 10.1 Å². The Kier molecular flexibility index (Phi) is 6.59. The zero-order valence-electron chi connectivity index (χ0n) is 14.1. The van der Waals surface area contributed by atoms with E-state index in [-0.39, 0.29) is 22.3 Å². The number of halogens is 3. The van der Waals surface area contributed by atoms with Crippen LogP contribution < -0.4 is 10.6 Å². The van der Waals surface area contributed by atoms with E-state index >= 15 is 0 Å². The van der Waals surface area contributed by atoms with Gasteiger partial charge in [0.15, 0.2) is 5.11 Å². The molecule has 3 rings (SSSR count). The summed E-state index contributed by atoms with van der Waals surface area (Å²) >= 11 is 23.3. The van der Waals surface area contributed by atoms with Gasteiger partial charge in [-0.15, -0.1) is 0 Å². The quantitative estimate of drug-likeness (QED) is 0.451. The summed E-state index contributed by atoms with van der Waals surface area (Å²) in [6.07, 6.45) is 0. The lowest BCUT2D eigenvalue weighted by Crippen LogP contribution is -2.34. The number of carbonyl (C=O) groups is 1. The van der Waals surface area contributed by atoms with Gasteiger partial charge in [0.2, 0.25) is 0 Å². The number of rotatable bonds is 4. The van der Waals surface area contributed by atoms with E-state index in [9.17, 15) is 4.79 Å². The first kappa shape index (κ1) is 20.6. The molecule has 0 aliphatic carbocycles. The predicted molar refractivity (Wildman–Crippen MR) is 115 cm³/mol. The smallest absolute Gasteiger partial charge is 0.258 e. The number of nitrogens with one attached hydrogen (secondary N) is 2. The molecule has 0 atom stereocenters. The molecule has 0 bridgehead atoms. The molecule has 5 nitrogen and oxygen atoms in total. The molecular formula is C19H13Cl3N2O3S. The van der Waals surface area contributed by atoms with E-state index in [0.29, 0.717) is 32.8 Å². The first-order valence-electron chi connectivity index (χ1n) is 7.94. The van der Waals surface area contributed by atoms with Gasteiger partial charge in [0, 0.05) is 16.3 Å². The number of thiocarbonyl (C=S) groups is 1. The largest absolute Gasteiger partial charge is 0.459 e. The Morgan fingerprint density at radius 1 is 1.04 bits per heavy atom. The van der Waals surface area contributed by atoms with Crippen molar-refractivity contribution in [1.29, 1.82) is 0 Å². The van der Waals surface area contributed by atoms with Crippen LogP contribution in [0.2, 0.25) is 15.1 Å². The Morgan fingerprint density at radius 2 is 1.82 bits per heavy atom. The van der Waals surface area contributed by atoms with E-state index in [0.717, 1.165) is 0 Å². The van der Waals surface area contributed by atoms with E-state index < -0.39 is 5.91 Å². The van der Waals surface area contributed by atoms with Crippen molar-refractivity contribution < 1.29 is 14.3 Å². The van der Waals surface area contributed by atoms with Crippen molar-refractivity contribution in [2.45, 2.75) is 6.61 Å². The zero-order chi connectivity index (χ0) is 20.3. The van der Waals surface area contributed by atoms with Crippen LogP contribution in [0.3, 0.4) is 0 Å². The second-order valence-electron chi connectivity index (χ2n) is 5.65. The molecule has 0 aliphatic rings. The first-order chi connectivity index (χ1) is 13.4.